The van der Waals surface area contributed by atoms with Crippen molar-refractivity contribution < 1.29 is 14.7 Å². The van der Waals surface area contributed by atoms with Gasteiger partial charge in [-0.2, -0.15) is 11.8 Å². The summed E-state index contributed by atoms with van der Waals surface area (Å²) < 4.78 is 0. The number of thioether (sulfide) groups is 1. The first-order chi connectivity index (χ1) is 10.1. The van der Waals surface area contributed by atoms with Gasteiger partial charge in [0.1, 0.15) is 0 Å². The van der Waals surface area contributed by atoms with Gasteiger partial charge in [-0.05, 0) is 31.6 Å². The first-order valence-corrected chi connectivity index (χ1v) is 8.84. The highest BCUT2D eigenvalue weighted by Gasteiger charge is 2.35. The van der Waals surface area contributed by atoms with Crippen molar-refractivity contribution in [3.05, 3.63) is 0 Å². The number of hydrogen-bond donors (Lipinski definition) is 2. The summed E-state index contributed by atoms with van der Waals surface area (Å²) in [5.41, 5.74) is 0. The molecule has 0 aromatic rings. The van der Waals surface area contributed by atoms with Crippen LogP contribution in [0.25, 0.3) is 0 Å². The molecule has 0 aromatic carbocycles. The molecule has 120 valence electrons. The van der Waals surface area contributed by atoms with Gasteiger partial charge in [0.15, 0.2) is 0 Å². The quantitative estimate of drug-likeness (QED) is 0.794. The Bertz CT molecular complexity index is 366. The number of carboxylic acid groups (broad SMARTS) is 1. The number of hydrogen-bond acceptors (Lipinski definition) is 4. The second kappa shape index (κ2) is 7.89. The van der Waals surface area contributed by atoms with Gasteiger partial charge in [0.25, 0.3) is 0 Å². The molecule has 0 bridgehead atoms. The first kappa shape index (κ1) is 16.4. The molecule has 2 N–H and O–H groups in total. The van der Waals surface area contributed by atoms with Gasteiger partial charge in [0.2, 0.25) is 0 Å². The number of carbonyl (C=O) groups excluding carboxylic acids is 1. The van der Waals surface area contributed by atoms with E-state index < -0.39 is 5.97 Å². The van der Waals surface area contributed by atoms with Crippen molar-refractivity contribution in [3.8, 4) is 0 Å². The largest absolute Gasteiger partial charge is 0.480 e. The van der Waals surface area contributed by atoms with Crippen LogP contribution in [0.15, 0.2) is 0 Å². The average Bonchev–Trinajstić information content (AvgIpc) is 2.68. The summed E-state index contributed by atoms with van der Waals surface area (Å²) in [6, 6.07) is 0.527. The molecule has 2 fully saturated rings. The fourth-order valence-corrected chi connectivity index (χ4v) is 3.78. The van der Waals surface area contributed by atoms with E-state index in [0.29, 0.717) is 0 Å². The van der Waals surface area contributed by atoms with Crippen molar-refractivity contribution >= 4 is 23.8 Å². The molecule has 0 aromatic heterocycles. The molecular weight excluding hydrogens is 290 g/mol. The van der Waals surface area contributed by atoms with Crippen LogP contribution in [-0.2, 0) is 4.79 Å². The molecule has 0 atom stereocenters. The maximum absolute atomic E-state index is 12.2. The first-order valence-electron chi connectivity index (χ1n) is 7.69. The molecule has 0 spiro atoms. The van der Waals surface area contributed by atoms with Crippen LogP contribution in [0, 0.1) is 0 Å². The summed E-state index contributed by atoms with van der Waals surface area (Å²) in [5, 5.41) is 12.0. The molecule has 1 aliphatic carbocycles. The van der Waals surface area contributed by atoms with Gasteiger partial charge < -0.3 is 15.3 Å². The van der Waals surface area contributed by atoms with Crippen LogP contribution >= 0.6 is 11.8 Å². The maximum Gasteiger partial charge on any atom is 0.317 e. The smallest absolute Gasteiger partial charge is 0.317 e. The van der Waals surface area contributed by atoms with Gasteiger partial charge in [0, 0.05) is 30.9 Å². The molecule has 1 saturated heterocycles. The normalized spacial score (nSPS) is 26.1. The summed E-state index contributed by atoms with van der Waals surface area (Å²) in [4.78, 5) is 26.8. The summed E-state index contributed by atoms with van der Waals surface area (Å²) in [6.45, 7) is 4.47. The Hall–Kier alpha value is -0.950. The third kappa shape index (κ3) is 4.78. The Morgan fingerprint density at radius 1 is 1.33 bits per heavy atom. The zero-order valence-electron chi connectivity index (χ0n) is 12.6. The molecule has 7 heteroatoms. The maximum atomic E-state index is 12.2. The lowest BCUT2D eigenvalue weighted by atomic mass is 9.85. The van der Waals surface area contributed by atoms with Crippen LogP contribution in [0.4, 0.5) is 4.79 Å². The van der Waals surface area contributed by atoms with Crippen LogP contribution in [0.3, 0.4) is 0 Å². The van der Waals surface area contributed by atoms with E-state index in [1.165, 1.54) is 0 Å². The summed E-state index contributed by atoms with van der Waals surface area (Å²) in [7, 11) is 0. The van der Waals surface area contributed by atoms with E-state index in [1.54, 1.807) is 0 Å². The Labute approximate surface area is 130 Å². The molecule has 1 aliphatic heterocycles. The lowest BCUT2D eigenvalue weighted by Crippen LogP contribution is -2.57. The second-order valence-electron chi connectivity index (χ2n) is 5.68. The zero-order valence-corrected chi connectivity index (χ0v) is 13.4. The molecule has 2 rings (SSSR count). The molecule has 2 amide bonds. The van der Waals surface area contributed by atoms with Crippen molar-refractivity contribution in [2.75, 3.05) is 37.7 Å². The number of carboxylic acids is 1. The molecule has 1 heterocycles. The average molecular weight is 315 g/mol. The number of amides is 2. The SMILES string of the molecule is CCN(CC(=O)O)C1CC(NC(=O)N2CCCSCC2)C1. The topological polar surface area (TPSA) is 72.9 Å². The predicted molar refractivity (Wildman–Crippen MR) is 83.7 cm³/mol. The predicted octanol–water partition coefficient (Wildman–Crippen LogP) is 1.07. The Balaban J connectivity index is 1.71. The van der Waals surface area contributed by atoms with Crippen molar-refractivity contribution in [3.63, 3.8) is 0 Å². The van der Waals surface area contributed by atoms with Crippen LogP contribution in [0.2, 0.25) is 0 Å². The van der Waals surface area contributed by atoms with E-state index >= 15 is 0 Å². The van der Waals surface area contributed by atoms with Crippen molar-refractivity contribution in [1.29, 1.82) is 0 Å². The minimum atomic E-state index is -0.786. The highest BCUT2D eigenvalue weighted by molar-refractivity contribution is 7.99. The summed E-state index contributed by atoms with van der Waals surface area (Å²) >= 11 is 1.90. The molecule has 2 aliphatic rings. The van der Waals surface area contributed by atoms with Crippen molar-refractivity contribution in [2.45, 2.75) is 38.3 Å². The van der Waals surface area contributed by atoms with Crippen LogP contribution in [0.5, 0.6) is 0 Å². The van der Waals surface area contributed by atoms with E-state index in [1.807, 2.05) is 28.5 Å². The molecule has 0 unspecified atom stereocenters. The fourth-order valence-electron chi connectivity index (χ4n) is 2.89. The number of carbonyl (C=O) groups is 2. The number of nitrogens with one attached hydrogen (secondary N) is 1. The lowest BCUT2D eigenvalue weighted by molar-refractivity contribution is -0.139. The molecule has 6 nitrogen and oxygen atoms in total. The van der Waals surface area contributed by atoms with Gasteiger partial charge in [0.05, 0.1) is 6.54 Å². The van der Waals surface area contributed by atoms with Crippen LogP contribution in [-0.4, -0.2) is 76.7 Å². The van der Waals surface area contributed by atoms with E-state index in [2.05, 4.69) is 5.32 Å². The highest BCUT2D eigenvalue weighted by atomic mass is 32.2. The standard InChI is InChI=1S/C14H25N3O3S/c1-2-16(10-13(18)19)12-8-11(9-12)15-14(20)17-4-3-6-21-7-5-17/h11-12H,2-10H2,1H3,(H,15,20)(H,18,19). The van der Waals surface area contributed by atoms with Crippen LogP contribution in [0.1, 0.15) is 26.2 Å². The minimum absolute atomic E-state index is 0.0437. The second-order valence-corrected chi connectivity index (χ2v) is 6.91. The fraction of sp³-hybridized carbons (Fsp3) is 0.857. The Morgan fingerprint density at radius 3 is 2.76 bits per heavy atom. The summed E-state index contributed by atoms with van der Waals surface area (Å²) in [5.74, 6) is 1.37. The van der Waals surface area contributed by atoms with Gasteiger partial charge in [-0.3, -0.25) is 9.69 Å². The lowest BCUT2D eigenvalue weighted by Gasteiger charge is -2.42. The number of rotatable bonds is 5. The highest BCUT2D eigenvalue weighted by Crippen LogP contribution is 2.25. The third-order valence-corrected chi connectivity index (χ3v) is 5.26. The van der Waals surface area contributed by atoms with E-state index in [4.69, 9.17) is 5.11 Å². The number of nitrogens with zero attached hydrogens (tertiary/aromatic N) is 2. The van der Waals surface area contributed by atoms with Crippen molar-refractivity contribution in [2.24, 2.45) is 0 Å². The monoisotopic (exact) mass is 315 g/mol. The van der Waals surface area contributed by atoms with E-state index in [9.17, 15) is 9.59 Å². The molecule has 0 radical (unpaired) electrons. The van der Waals surface area contributed by atoms with E-state index in [-0.39, 0.29) is 24.7 Å². The number of likely N-dealkylation sites (N-methyl/N-ethyl adjacent to an activating group) is 1. The van der Waals surface area contributed by atoms with Gasteiger partial charge >= 0.3 is 12.0 Å². The van der Waals surface area contributed by atoms with Crippen molar-refractivity contribution in [1.82, 2.24) is 15.1 Å². The zero-order chi connectivity index (χ0) is 15.2. The number of urea groups is 1. The van der Waals surface area contributed by atoms with E-state index in [0.717, 1.165) is 50.4 Å². The minimum Gasteiger partial charge on any atom is -0.480 e. The third-order valence-electron chi connectivity index (χ3n) is 4.21. The van der Waals surface area contributed by atoms with Crippen LogP contribution < -0.4 is 5.32 Å². The van der Waals surface area contributed by atoms with Gasteiger partial charge in [-0.25, -0.2) is 4.79 Å². The van der Waals surface area contributed by atoms with Gasteiger partial charge in [-0.1, -0.05) is 6.92 Å². The summed E-state index contributed by atoms with van der Waals surface area (Å²) in [6.07, 6.45) is 2.78. The molecule has 1 saturated carbocycles. The Kier molecular flexibility index (Phi) is 6.17. The Morgan fingerprint density at radius 2 is 2.10 bits per heavy atom. The number of aliphatic carboxylic acids is 1. The molecular formula is C14H25N3O3S. The molecule has 21 heavy (non-hydrogen) atoms. The van der Waals surface area contributed by atoms with Gasteiger partial charge in [-0.15, -0.1) is 0 Å².